The predicted octanol–water partition coefficient (Wildman–Crippen LogP) is 7.89. The lowest BCUT2D eigenvalue weighted by molar-refractivity contribution is -0.303. The molecule has 0 saturated carbocycles. The van der Waals surface area contributed by atoms with Crippen molar-refractivity contribution in [1.82, 2.24) is 5.32 Å². The van der Waals surface area contributed by atoms with Crippen molar-refractivity contribution in [2.45, 2.75) is 274 Å². The molecule has 9 atom stereocenters. The molecule has 1 heterocycles. The average Bonchev–Trinajstić information content (AvgIpc) is 3.21. The molecule has 0 aromatic heterocycles. The Morgan fingerprint density at radius 3 is 1.30 bits per heavy atom. The first-order valence-corrected chi connectivity index (χ1v) is 23.9. The third kappa shape index (κ3) is 26.8. The van der Waals surface area contributed by atoms with Gasteiger partial charge in [0.05, 0.1) is 25.4 Å². The number of nitrogens with one attached hydrogen (secondary N) is 1. The van der Waals surface area contributed by atoms with Gasteiger partial charge in [0.25, 0.3) is 0 Å². The van der Waals surface area contributed by atoms with Gasteiger partial charge in [0.2, 0.25) is 5.91 Å². The molecular formula is C46H91NO10. The first kappa shape index (κ1) is 54.1. The van der Waals surface area contributed by atoms with E-state index in [0.29, 0.717) is 19.3 Å². The number of amides is 1. The highest BCUT2D eigenvalue weighted by molar-refractivity contribution is 5.80. The molecule has 340 valence electrons. The fraction of sp³-hybridized carbons (Fsp3) is 0.978. The van der Waals surface area contributed by atoms with Crippen molar-refractivity contribution in [3.05, 3.63) is 0 Å². The topological polar surface area (TPSA) is 189 Å². The van der Waals surface area contributed by atoms with E-state index in [-0.39, 0.29) is 6.42 Å². The first-order chi connectivity index (χ1) is 27.7. The maximum atomic E-state index is 13.1. The molecule has 1 rings (SSSR count). The molecule has 3 unspecified atom stereocenters. The first-order valence-electron chi connectivity index (χ1n) is 23.9. The van der Waals surface area contributed by atoms with Gasteiger partial charge >= 0.3 is 0 Å². The quantitative estimate of drug-likeness (QED) is 0.0283. The number of carbonyl (C=O) groups is 1. The molecule has 57 heavy (non-hydrogen) atoms. The van der Waals surface area contributed by atoms with Gasteiger partial charge in [-0.25, -0.2) is 0 Å². The Labute approximate surface area is 348 Å². The zero-order valence-corrected chi connectivity index (χ0v) is 36.6. The number of aliphatic hydroxyl groups is 7. The molecule has 11 nitrogen and oxygen atoms in total. The molecule has 0 aliphatic carbocycles. The van der Waals surface area contributed by atoms with Crippen molar-refractivity contribution in [2.75, 3.05) is 13.2 Å². The van der Waals surface area contributed by atoms with E-state index in [4.69, 9.17) is 9.47 Å². The highest BCUT2D eigenvalue weighted by Crippen LogP contribution is 2.23. The molecule has 1 amide bonds. The van der Waals surface area contributed by atoms with Crippen LogP contribution in [0.25, 0.3) is 0 Å². The van der Waals surface area contributed by atoms with Crippen molar-refractivity contribution in [1.29, 1.82) is 0 Å². The van der Waals surface area contributed by atoms with Crippen molar-refractivity contribution in [3.63, 3.8) is 0 Å². The van der Waals surface area contributed by atoms with Gasteiger partial charge in [-0.3, -0.25) is 4.79 Å². The van der Waals surface area contributed by atoms with E-state index < -0.39 is 74.2 Å². The summed E-state index contributed by atoms with van der Waals surface area (Å²) in [5.74, 6) is -0.694. The summed E-state index contributed by atoms with van der Waals surface area (Å²) in [4.78, 5) is 13.1. The summed E-state index contributed by atoms with van der Waals surface area (Å²) in [6.07, 6.45) is 25.9. The van der Waals surface area contributed by atoms with Crippen LogP contribution in [-0.4, -0.2) is 110 Å². The molecule has 1 aliphatic heterocycles. The van der Waals surface area contributed by atoms with Gasteiger partial charge < -0.3 is 50.5 Å². The maximum absolute atomic E-state index is 13.1. The minimum absolute atomic E-state index is 0.266. The van der Waals surface area contributed by atoms with E-state index in [1.807, 2.05) is 0 Å². The predicted molar refractivity (Wildman–Crippen MR) is 229 cm³/mol. The third-order valence-corrected chi connectivity index (χ3v) is 11.9. The molecule has 0 spiro atoms. The fourth-order valence-corrected chi connectivity index (χ4v) is 7.91. The summed E-state index contributed by atoms with van der Waals surface area (Å²) in [5.41, 5.74) is 0. The van der Waals surface area contributed by atoms with Crippen LogP contribution in [0.4, 0.5) is 0 Å². The van der Waals surface area contributed by atoms with E-state index in [1.54, 1.807) is 0 Å². The van der Waals surface area contributed by atoms with Crippen molar-refractivity contribution in [3.8, 4) is 0 Å². The Morgan fingerprint density at radius 2 is 0.912 bits per heavy atom. The standard InChI is InChI=1S/C46H91NO10/c1-3-5-7-9-11-13-15-16-17-18-19-20-21-22-23-24-26-28-30-32-34-39(50)45(55)47-37(36-56-46-44(54)43(53)42(52)40(35-48)57-46)41(51)38(49)33-31-29-27-25-14-12-10-8-6-4-2/h37-44,46,48-54H,3-36H2,1-2H3,(H,47,55)/t37?,38?,39-,40-,41?,42+,43+,44-,46+/m1/s1. The van der Waals surface area contributed by atoms with Crippen LogP contribution in [0.15, 0.2) is 0 Å². The minimum atomic E-state index is -1.65. The molecule has 0 radical (unpaired) electrons. The number of carbonyl (C=O) groups excluding carboxylic acids is 1. The van der Waals surface area contributed by atoms with E-state index in [9.17, 15) is 40.5 Å². The van der Waals surface area contributed by atoms with Crippen molar-refractivity contribution in [2.24, 2.45) is 0 Å². The van der Waals surface area contributed by atoms with Crippen LogP contribution >= 0.6 is 0 Å². The van der Waals surface area contributed by atoms with Crippen molar-refractivity contribution < 1.29 is 50.0 Å². The van der Waals surface area contributed by atoms with Crippen LogP contribution in [0.3, 0.4) is 0 Å². The monoisotopic (exact) mass is 818 g/mol. The zero-order valence-electron chi connectivity index (χ0n) is 36.6. The SMILES string of the molecule is CCCCCCCCCCCCCCCCCCCCCC[C@@H](O)C(=O)NC(CO[C@H]1O[C@H](CO)[C@H](O)[C@H](O)[C@H]1O)C(O)C(O)CCCCCCCCCCCC. The van der Waals surface area contributed by atoms with Crippen LogP contribution in [0.1, 0.15) is 219 Å². The Bertz CT molecular complexity index is 897. The van der Waals surface area contributed by atoms with E-state index >= 15 is 0 Å². The normalized spacial score (nSPS) is 22.0. The maximum Gasteiger partial charge on any atom is 0.249 e. The molecule has 1 aliphatic rings. The van der Waals surface area contributed by atoms with Gasteiger partial charge in [-0.1, -0.05) is 206 Å². The van der Waals surface area contributed by atoms with Gasteiger partial charge in [-0.05, 0) is 12.8 Å². The number of hydrogen-bond donors (Lipinski definition) is 8. The summed E-state index contributed by atoms with van der Waals surface area (Å²) in [5, 5.41) is 75.6. The molecule has 0 bridgehead atoms. The minimum Gasteiger partial charge on any atom is -0.394 e. The van der Waals surface area contributed by atoms with Crippen LogP contribution in [-0.2, 0) is 14.3 Å². The Hall–Kier alpha value is -0.890. The van der Waals surface area contributed by atoms with Gasteiger partial charge in [0.1, 0.15) is 36.6 Å². The van der Waals surface area contributed by atoms with Gasteiger partial charge in [0.15, 0.2) is 6.29 Å². The Balaban J connectivity index is 2.37. The molecule has 11 heteroatoms. The highest BCUT2D eigenvalue weighted by Gasteiger charge is 2.44. The van der Waals surface area contributed by atoms with Crippen molar-refractivity contribution >= 4 is 5.91 Å². The smallest absolute Gasteiger partial charge is 0.249 e. The lowest BCUT2D eigenvalue weighted by Crippen LogP contribution is -2.60. The summed E-state index contributed by atoms with van der Waals surface area (Å²) in [7, 11) is 0. The van der Waals surface area contributed by atoms with Crippen LogP contribution in [0.5, 0.6) is 0 Å². The number of unbranched alkanes of at least 4 members (excludes halogenated alkanes) is 28. The molecule has 1 fully saturated rings. The second-order valence-corrected chi connectivity index (χ2v) is 17.2. The molecular weight excluding hydrogens is 727 g/mol. The van der Waals surface area contributed by atoms with Crippen LogP contribution in [0, 0.1) is 0 Å². The molecule has 8 N–H and O–H groups in total. The van der Waals surface area contributed by atoms with E-state index in [1.165, 1.54) is 141 Å². The average molecular weight is 818 g/mol. The third-order valence-electron chi connectivity index (χ3n) is 11.9. The molecule has 0 aromatic carbocycles. The summed E-state index contributed by atoms with van der Waals surface area (Å²) in [6.45, 7) is 3.43. The number of aliphatic hydroxyl groups excluding tert-OH is 7. The van der Waals surface area contributed by atoms with E-state index in [0.717, 1.165) is 38.5 Å². The lowest BCUT2D eigenvalue weighted by atomic mass is 9.98. The summed E-state index contributed by atoms with van der Waals surface area (Å²) >= 11 is 0. The second kappa shape index (κ2) is 36.9. The number of hydrogen-bond acceptors (Lipinski definition) is 10. The van der Waals surface area contributed by atoms with Gasteiger partial charge in [0, 0.05) is 0 Å². The van der Waals surface area contributed by atoms with Crippen LogP contribution in [0.2, 0.25) is 0 Å². The highest BCUT2D eigenvalue weighted by atomic mass is 16.7. The number of ether oxygens (including phenoxy) is 2. The van der Waals surface area contributed by atoms with Crippen LogP contribution < -0.4 is 5.32 Å². The molecule has 1 saturated heterocycles. The zero-order chi connectivity index (χ0) is 41.9. The fourth-order valence-electron chi connectivity index (χ4n) is 7.91. The summed E-state index contributed by atoms with van der Waals surface area (Å²) in [6, 6.07) is -1.16. The molecule has 0 aromatic rings. The van der Waals surface area contributed by atoms with E-state index in [2.05, 4.69) is 19.2 Å². The Kier molecular flexibility index (Phi) is 35.1. The summed E-state index contributed by atoms with van der Waals surface area (Å²) < 4.78 is 11.1. The second-order valence-electron chi connectivity index (χ2n) is 17.2. The lowest BCUT2D eigenvalue weighted by Gasteiger charge is -2.40. The Morgan fingerprint density at radius 1 is 0.544 bits per heavy atom. The van der Waals surface area contributed by atoms with Gasteiger partial charge in [-0.15, -0.1) is 0 Å². The number of rotatable bonds is 40. The van der Waals surface area contributed by atoms with Gasteiger partial charge in [-0.2, -0.15) is 0 Å². The largest absolute Gasteiger partial charge is 0.394 e.